The molecule has 2 atom stereocenters. The SMILES string of the molecule is CC(N)C(=O)OC[C@@H]1CC=CCC1. The van der Waals surface area contributed by atoms with E-state index in [4.69, 9.17) is 10.5 Å². The molecule has 74 valence electrons. The molecule has 0 saturated heterocycles. The van der Waals surface area contributed by atoms with Crippen LogP contribution in [0.1, 0.15) is 26.2 Å². The van der Waals surface area contributed by atoms with E-state index in [2.05, 4.69) is 12.2 Å². The van der Waals surface area contributed by atoms with Crippen molar-refractivity contribution in [2.45, 2.75) is 32.2 Å². The van der Waals surface area contributed by atoms with Crippen LogP contribution in [0.5, 0.6) is 0 Å². The molecule has 1 unspecified atom stereocenters. The maximum absolute atomic E-state index is 11.0. The minimum absolute atomic E-state index is 0.297. The van der Waals surface area contributed by atoms with E-state index in [0.717, 1.165) is 19.3 Å². The second-order valence-corrected chi connectivity index (χ2v) is 3.57. The Morgan fingerprint density at radius 3 is 3.00 bits per heavy atom. The van der Waals surface area contributed by atoms with Gasteiger partial charge in [0.2, 0.25) is 0 Å². The lowest BCUT2D eigenvalue weighted by Crippen LogP contribution is -2.30. The first-order valence-electron chi connectivity index (χ1n) is 4.77. The molecule has 0 aromatic heterocycles. The van der Waals surface area contributed by atoms with Crippen molar-refractivity contribution in [2.75, 3.05) is 6.61 Å². The molecule has 1 aliphatic rings. The number of esters is 1. The lowest BCUT2D eigenvalue weighted by atomic mass is 9.95. The van der Waals surface area contributed by atoms with E-state index in [0.29, 0.717) is 12.5 Å². The molecule has 13 heavy (non-hydrogen) atoms. The van der Waals surface area contributed by atoms with Crippen LogP contribution >= 0.6 is 0 Å². The van der Waals surface area contributed by atoms with Crippen molar-refractivity contribution >= 4 is 5.97 Å². The summed E-state index contributed by atoms with van der Waals surface area (Å²) < 4.78 is 5.05. The molecule has 3 nitrogen and oxygen atoms in total. The van der Waals surface area contributed by atoms with Crippen LogP contribution in [0.25, 0.3) is 0 Å². The summed E-state index contributed by atoms with van der Waals surface area (Å²) in [7, 11) is 0. The van der Waals surface area contributed by atoms with Gasteiger partial charge in [-0.25, -0.2) is 0 Å². The van der Waals surface area contributed by atoms with Crippen molar-refractivity contribution in [1.82, 2.24) is 0 Å². The highest BCUT2D eigenvalue weighted by molar-refractivity contribution is 5.74. The Balaban J connectivity index is 2.18. The van der Waals surface area contributed by atoms with Gasteiger partial charge in [-0.3, -0.25) is 4.79 Å². The molecule has 0 aromatic carbocycles. The number of nitrogens with two attached hydrogens (primary N) is 1. The zero-order chi connectivity index (χ0) is 9.68. The van der Waals surface area contributed by atoms with Crippen molar-refractivity contribution in [1.29, 1.82) is 0 Å². The predicted octanol–water partition coefficient (Wildman–Crippen LogP) is 1.23. The van der Waals surface area contributed by atoms with Crippen molar-refractivity contribution in [3.05, 3.63) is 12.2 Å². The van der Waals surface area contributed by atoms with E-state index in [1.807, 2.05) is 0 Å². The van der Waals surface area contributed by atoms with Gasteiger partial charge in [-0.05, 0) is 32.1 Å². The third-order valence-corrected chi connectivity index (χ3v) is 2.21. The standard InChI is InChI=1S/C10H17NO2/c1-8(11)10(12)13-7-9-5-3-2-4-6-9/h2-3,8-9H,4-7,11H2,1H3/t8?,9-/m1/s1. The maximum atomic E-state index is 11.0. The summed E-state index contributed by atoms with van der Waals surface area (Å²) in [6, 6.07) is -0.501. The number of ether oxygens (including phenoxy) is 1. The Hall–Kier alpha value is -0.830. The fourth-order valence-corrected chi connectivity index (χ4v) is 1.34. The second-order valence-electron chi connectivity index (χ2n) is 3.57. The van der Waals surface area contributed by atoms with Gasteiger partial charge in [0.1, 0.15) is 6.04 Å². The summed E-state index contributed by atoms with van der Waals surface area (Å²) >= 11 is 0. The summed E-state index contributed by atoms with van der Waals surface area (Å²) in [6.07, 6.45) is 7.55. The van der Waals surface area contributed by atoms with Gasteiger partial charge in [0.15, 0.2) is 0 Å². The predicted molar refractivity (Wildman–Crippen MR) is 51.1 cm³/mol. The number of rotatable bonds is 3. The molecule has 0 spiro atoms. The number of allylic oxidation sites excluding steroid dienone is 2. The number of hydrogen-bond acceptors (Lipinski definition) is 3. The van der Waals surface area contributed by atoms with E-state index in [9.17, 15) is 4.79 Å². The molecule has 0 saturated carbocycles. The summed E-state index contributed by atoms with van der Waals surface area (Å²) in [4.78, 5) is 11.0. The van der Waals surface area contributed by atoms with Gasteiger partial charge in [-0.1, -0.05) is 12.2 Å². The summed E-state index contributed by atoms with van der Waals surface area (Å²) in [6.45, 7) is 2.16. The lowest BCUT2D eigenvalue weighted by Gasteiger charge is -2.17. The Bertz CT molecular complexity index is 199. The number of hydrogen-bond donors (Lipinski definition) is 1. The van der Waals surface area contributed by atoms with Crippen molar-refractivity contribution in [3.8, 4) is 0 Å². The largest absolute Gasteiger partial charge is 0.464 e. The first-order chi connectivity index (χ1) is 6.20. The van der Waals surface area contributed by atoms with E-state index in [-0.39, 0.29) is 5.97 Å². The molecule has 2 N–H and O–H groups in total. The van der Waals surface area contributed by atoms with Crippen LogP contribution in [0.15, 0.2) is 12.2 Å². The Kier molecular flexibility index (Phi) is 3.96. The molecule has 0 aliphatic heterocycles. The molecule has 1 rings (SSSR count). The zero-order valence-corrected chi connectivity index (χ0v) is 8.03. The molecule has 0 fully saturated rings. The van der Waals surface area contributed by atoms with Gasteiger partial charge in [-0.15, -0.1) is 0 Å². The molecule has 0 aromatic rings. The first kappa shape index (κ1) is 10.3. The van der Waals surface area contributed by atoms with Gasteiger partial charge in [0.05, 0.1) is 6.61 Å². The van der Waals surface area contributed by atoms with Gasteiger partial charge in [0, 0.05) is 0 Å². The molecule has 1 aliphatic carbocycles. The van der Waals surface area contributed by atoms with Gasteiger partial charge in [0.25, 0.3) is 0 Å². The average molecular weight is 183 g/mol. The third-order valence-electron chi connectivity index (χ3n) is 2.21. The van der Waals surface area contributed by atoms with Crippen LogP contribution in [0.3, 0.4) is 0 Å². The maximum Gasteiger partial charge on any atom is 0.322 e. The number of carbonyl (C=O) groups excluding carboxylic acids is 1. The van der Waals surface area contributed by atoms with Crippen LogP contribution in [-0.4, -0.2) is 18.6 Å². The molecule has 0 heterocycles. The van der Waals surface area contributed by atoms with Crippen LogP contribution in [0, 0.1) is 5.92 Å². The van der Waals surface area contributed by atoms with E-state index in [1.165, 1.54) is 0 Å². The number of carbonyl (C=O) groups is 1. The summed E-state index contributed by atoms with van der Waals surface area (Å²) in [5.74, 6) is 0.197. The zero-order valence-electron chi connectivity index (χ0n) is 8.03. The monoisotopic (exact) mass is 183 g/mol. The Labute approximate surface area is 78.9 Å². The normalized spacial score (nSPS) is 24.0. The van der Waals surface area contributed by atoms with Gasteiger partial charge in [-0.2, -0.15) is 0 Å². The van der Waals surface area contributed by atoms with E-state index < -0.39 is 6.04 Å². The minimum Gasteiger partial charge on any atom is -0.464 e. The highest BCUT2D eigenvalue weighted by Gasteiger charge is 2.14. The molecule has 0 amide bonds. The van der Waals surface area contributed by atoms with E-state index >= 15 is 0 Å². The second kappa shape index (κ2) is 5.02. The molecule has 0 radical (unpaired) electrons. The van der Waals surface area contributed by atoms with Crippen LogP contribution in [-0.2, 0) is 9.53 Å². The molecular formula is C10H17NO2. The van der Waals surface area contributed by atoms with Crippen molar-refractivity contribution < 1.29 is 9.53 Å². The molecule has 0 bridgehead atoms. The van der Waals surface area contributed by atoms with Crippen molar-refractivity contribution in [2.24, 2.45) is 11.7 Å². The van der Waals surface area contributed by atoms with E-state index in [1.54, 1.807) is 6.92 Å². The van der Waals surface area contributed by atoms with Gasteiger partial charge < -0.3 is 10.5 Å². The van der Waals surface area contributed by atoms with Crippen LogP contribution < -0.4 is 5.73 Å². The van der Waals surface area contributed by atoms with Crippen molar-refractivity contribution in [3.63, 3.8) is 0 Å². The molecule has 3 heteroatoms. The molecular weight excluding hydrogens is 166 g/mol. The lowest BCUT2D eigenvalue weighted by molar-refractivity contribution is -0.146. The summed E-state index contributed by atoms with van der Waals surface area (Å²) in [5.41, 5.74) is 5.36. The Morgan fingerprint density at radius 2 is 2.46 bits per heavy atom. The van der Waals surface area contributed by atoms with Crippen LogP contribution in [0.2, 0.25) is 0 Å². The first-order valence-corrected chi connectivity index (χ1v) is 4.77. The summed E-state index contributed by atoms with van der Waals surface area (Å²) in [5, 5.41) is 0. The smallest absolute Gasteiger partial charge is 0.322 e. The fraction of sp³-hybridized carbons (Fsp3) is 0.700. The topological polar surface area (TPSA) is 52.3 Å². The van der Waals surface area contributed by atoms with Crippen LogP contribution in [0.4, 0.5) is 0 Å². The Morgan fingerprint density at radius 1 is 1.69 bits per heavy atom. The third kappa shape index (κ3) is 3.59. The highest BCUT2D eigenvalue weighted by atomic mass is 16.5. The quantitative estimate of drug-likeness (QED) is 0.529. The minimum atomic E-state index is -0.501. The van der Waals surface area contributed by atoms with Gasteiger partial charge >= 0.3 is 5.97 Å². The fourth-order valence-electron chi connectivity index (χ4n) is 1.34. The highest BCUT2D eigenvalue weighted by Crippen LogP contribution is 2.18. The average Bonchev–Trinajstić information content (AvgIpc) is 2.15.